The standard InChI is InChI=1S/C12H13BrClFO2/c1-2-17-12(16)6-4-10(14)9-7-8(13)3-5-11(9)15/h3,5,7,10H,2,4,6H2,1H3. The van der Waals surface area contributed by atoms with Gasteiger partial charge in [0.25, 0.3) is 0 Å². The van der Waals surface area contributed by atoms with Crippen molar-refractivity contribution in [2.45, 2.75) is 25.1 Å². The number of alkyl halides is 1. The number of esters is 1. The number of carbonyl (C=O) groups is 1. The molecule has 0 aliphatic carbocycles. The highest BCUT2D eigenvalue weighted by molar-refractivity contribution is 9.10. The highest BCUT2D eigenvalue weighted by Gasteiger charge is 2.15. The van der Waals surface area contributed by atoms with Gasteiger partial charge >= 0.3 is 5.97 Å². The first-order chi connectivity index (χ1) is 8.04. The predicted octanol–water partition coefficient (Wildman–Crippen LogP) is 4.21. The molecule has 1 unspecified atom stereocenters. The number of carbonyl (C=O) groups excluding carboxylic acids is 1. The summed E-state index contributed by atoms with van der Waals surface area (Å²) in [4.78, 5) is 11.1. The lowest BCUT2D eigenvalue weighted by Crippen LogP contribution is -2.05. The summed E-state index contributed by atoms with van der Waals surface area (Å²) in [6.45, 7) is 2.08. The Morgan fingerprint density at radius 2 is 2.29 bits per heavy atom. The lowest BCUT2D eigenvalue weighted by molar-refractivity contribution is -0.143. The maximum Gasteiger partial charge on any atom is 0.305 e. The van der Waals surface area contributed by atoms with Crippen molar-refractivity contribution in [1.82, 2.24) is 0 Å². The van der Waals surface area contributed by atoms with E-state index in [9.17, 15) is 9.18 Å². The van der Waals surface area contributed by atoms with E-state index in [1.54, 1.807) is 19.1 Å². The van der Waals surface area contributed by atoms with Gasteiger partial charge in [-0.25, -0.2) is 4.39 Å². The van der Waals surface area contributed by atoms with E-state index in [0.717, 1.165) is 4.47 Å². The van der Waals surface area contributed by atoms with Gasteiger partial charge in [-0.15, -0.1) is 11.6 Å². The zero-order valence-electron chi connectivity index (χ0n) is 9.38. The van der Waals surface area contributed by atoms with Gasteiger partial charge in [0.15, 0.2) is 0 Å². The summed E-state index contributed by atoms with van der Waals surface area (Å²) in [5.41, 5.74) is 0.394. The molecule has 1 rings (SSSR count). The van der Waals surface area contributed by atoms with Crippen molar-refractivity contribution in [3.63, 3.8) is 0 Å². The highest BCUT2D eigenvalue weighted by Crippen LogP contribution is 2.30. The molecule has 94 valence electrons. The predicted molar refractivity (Wildman–Crippen MR) is 68.6 cm³/mol. The molecule has 0 radical (unpaired) electrons. The van der Waals surface area contributed by atoms with Crippen LogP contribution in [0.3, 0.4) is 0 Å². The summed E-state index contributed by atoms with van der Waals surface area (Å²) in [6, 6.07) is 4.57. The Labute approximate surface area is 113 Å². The fourth-order valence-electron chi connectivity index (χ4n) is 1.39. The Hall–Kier alpha value is -0.610. The molecule has 2 nitrogen and oxygen atoms in total. The van der Waals surface area contributed by atoms with Gasteiger partial charge in [-0.3, -0.25) is 4.79 Å². The van der Waals surface area contributed by atoms with Crippen LogP contribution in [0.1, 0.15) is 30.7 Å². The SMILES string of the molecule is CCOC(=O)CCC(Cl)c1cc(Br)ccc1F. The first-order valence-corrected chi connectivity index (χ1v) is 6.52. The molecule has 0 bridgehead atoms. The maximum atomic E-state index is 13.5. The van der Waals surface area contributed by atoms with E-state index in [1.807, 2.05) is 0 Å². The van der Waals surface area contributed by atoms with Gasteiger partial charge in [-0.05, 0) is 31.5 Å². The van der Waals surface area contributed by atoms with Gasteiger partial charge in [0.05, 0.1) is 12.0 Å². The molecule has 0 N–H and O–H groups in total. The van der Waals surface area contributed by atoms with Crippen molar-refractivity contribution in [3.8, 4) is 0 Å². The van der Waals surface area contributed by atoms with Crippen LogP contribution in [0.25, 0.3) is 0 Å². The molecule has 5 heteroatoms. The Bertz CT molecular complexity index is 398. The molecule has 0 saturated carbocycles. The summed E-state index contributed by atoms with van der Waals surface area (Å²) in [6.07, 6.45) is 0.543. The molecule has 0 amide bonds. The fraction of sp³-hybridized carbons (Fsp3) is 0.417. The van der Waals surface area contributed by atoms with Crippen LogP contribution in [0.4, 0.5) is 4.39 Å². The third-order valence-electron chi connectivity index (χ3n) is 2.20. The average Bonchev–Trinajstić information content (AvgIpc) is 2.29. The molecule has 0 aliphatic heterocycles. The van der Waals surface area contributed by atoms with E-state index >= 15 is 0 Å². The smallest absolute Gasteiger partial charge is 0.305 e. The van der Waals surface area contributed by atoms with Crippen molar-refractivity contribution < 1.29 is 13.9 Å². The largest absolute Gasteiger partial charge is 0.466 e. The second-order valence-electron chi connectivity index (χ2n) is 3.48. The Kier molecular flexibility index (Phi) is 5.92. The summed E-state index contributed by atoms with van der Waals surface area (Å²) in [5.74, 6) is -0.675. The maximum absolute atomic E-state index is 13.5. The van der Waals surface area contributed by atoms with Crippen LogP contribution >= 0.6 is 27.5 Å². The van der Waals surface area contributed by atoms with Crippen LogP contribution in [-0.4, -0.2) is 12.6 Å². The third-order valence-corrected chi connectivity index (χ3v) is 3.15. The molecule has 1 aromatic rings. The van der Waals surface area contributed by atoms with Crippen LogP contribution in [0, 0.1) is 5.82 Å². The van der Waals surface area contributed by atoms with Gasteiger partial charge in [0.2, 0.25) is 0 Å². The molecule has 1 atom stereocenters. The van der Waals surface area contributed by atoms with Crippen LogP contribution < -0.4 is 0 Å². The number of halogens is 3. The summed E-state index contributed by atoms with van der Waals surface area (Å²) in [7, 11) is 0. The van der Waals surface area contributed by atoms with E-state index in [1.165, 1.54) is 6.07 Å². The molecule has 0 saturated heterocycles. The minimum Gasteiger partial charge on any atom is -0.466 e. The zero-order valence-corrected chi connectivity index (χ0v) is 11.7. The first-order valence-electron chi connectivity index (χ1n) is 5.29. The normalized spacial score (nSPS) is 12.2. The molecule has 0 heterocycles. The van der Waals surface area contributed by atoms with E-state index in [0.29, 0.717) is 18.6 Å². The zero-order chi connectivity index (χ0) is 12.8. The Morgan fingerprint density at radius 1 is 1.59 bits per heavy atom. The van der Waals surface area contributed by atoms with E-state index < -0.39 is 5.38 Å². The minimum atomic E-state index is -0.531. The molecule has 0 aromatic heterocycles. The molecule has 1 aromatic carbocycles. The highest BCUT2D eigenvalue weighted by atomic mass is 79.9. The van der Waals surface area contributed by atoms with Gasteiger partial charge < -0.3 is 4.74 Å². The second-order valence-corrected chi connectivity index (χ2v) is 4.92. The summed E-state index contributed by atoms with van der Waals surface area (Å²) >= 11 is 9.31. The van der Waals surface area contributed by atoms with E-state index in [2.05, 4.69) is 15.9 Å². The lowest BCUT2D eigenvalue weighted by atomic mass is 10.1. The second kappa shape index (κ2) is 6.97. The van der Waals surface area contributed by atoms with Gasteiger partial charge in [-0.2, -0.15) is 0 Å². The number of rotatable bonds is 5. The lowest BCUT2D eigenvalue weighted by Gasteiger charge is -2.10. The number of hydrogen-bond donors (Lipinski definition) is 0. The molecular formula is C12H13BrClFO2. The van der Waals surface area contributed by atoms with Crippen LogP contribution in [0.5, 0.6) is 0 Å². The van der Waals surface area contributed by atoms with Crippen molar-refractivity contribution in [2.24, 2.45) is 0 Å². The topological polar surface area (TPSA) is 26.3 Å². The molecule has 0 fully saturated rings. The Morgan fingerprint density at radius 3 is 2.94 bits per heavy atom. The van der Waals surface area contributed by atoms with E-state index in [4.69, 9.17) is 16.3 Å². The van der Waals surface area contributed by atoms with E-state index in [-0.39, 0.29) is 18.2 Å². The van der Waals surface area contributed by atoms with Crippen molar-refractivity contribution in [1.29, 1.82) is 0 Å². The fourth-order valence-corrected chi connectivity index (χ4v) is 2.04. The molecule has 0 spiro atoms. The van der Waals surface area contributed by atoms with Crippen LogP contribution in [-0.2, 0) is 9.53 Å². The summed E-state index contributed by atoms with van der Waals surface area (Å²) in [5, 5.41) is -0.531. The monoisotopic (exact) mass is 322 g/mol. The van der Waals surface area contributed by atoms with Crippen molar-refractivity contribution >= 4 is 33.5 Å². The van der Waals surface area contributed by atoms with Gasteiger partial charge in [-0.1, -0.05) is 15.9 Å². The Balaban J connectivity index is 2.60. The summed E-state index contributed by atoms with van der Waals surface area (Å²) < 4.78 is 19.0. The van der Waals surface area contributed by atoms with Gasteiger partial charge in [0.1, 0.15) is 5.82 Å². The number of hydrogen-bond acceptors (Lipinski definition) is 2. The first kappa shape index (κ1) is 14.5. The number of ether oxygens (including phenoxy) is 1. The molecule has 17 heavy (non-hydrogen) atoms. The minimum absolute atomic E-state index is 0.188. The van der Waals surface area contributed by atoms with Crippen molar-refractivity contribution in [2.75, 3.05) is 6.61 Å². The third kappa shape index (κ3) is 4.64. The van der Waals surface area contributed by atoms with Crippen molar-refractivity contribution in [3.05, 3.63) is 34.1 Å². The quantitative estimate of drug-likeness (QED) is 0.599. The number of benzene rings is 1. The average molecular weight is 324 g/mol. The van der Waals surface area contributed by atoms with Crippen LogP contribution in [0.15, 0.2) is 22.7 Å². The molecule has 0 aliphatic rings. The van der Waals surface area contributed by atoms with Gasteiger partial charge in [0, 0.05) is 16.5 Å². The molecular weight excluding hydrogens is 310 g/mol. The van der Waals surface area contributed by atoms with Crippen LogP contribution in [0.2, 0.25) is 0 Å².